The summed E-state index contributed by atoms with van der Waals surface area (Å²) in [7, 11) is 0. The van der Waals surface area contributed by atoms with Crippen LogP contribution in [-0.4, -0.2) is 24.3 Å². The first-order chi connectivity index (χ1) is 6.63. The molecule has 15 heavy (non-hydrogen) atoms. The highest BCUT2D eigenvalue weighted by atomic mass is 19.4. The zero-order chi connectivity index (χ0) is 12.1. The SMILES string of the molecule is CC(C)(N)C(=O)OCCCCC(F)(F)F. The Morgan fingerprint density at radius 3 is 2.20 bits per heavy atom. The van der Waals surface area contributed by atoms with Crippen molar-refractivity contribution in [3.63, 3.8) is 0 Å². The summed E-state index contributed by atoms with van der Waals surface area (Å²) < 4.78 is 39.8. The van der Waals surface area contributed by atoms with Crippen molar-refractivity contribution in [2.24, 2.45) is 5.73 Å². The van der Waals surface area contributed by atoms with Gasteiger partial charge >= 0.3 is 12.1 Å². The molecule has 0 radical (unpaired) electrons. The third-order valence-electron chi connectivity index (χ3n) is 1.61. The number of carbonyl (C=O) groups is 1. The number of esters is 1. The maximum atomic E-state index is 11.7. The smallest absolute Gasteiger partial charge is 0.389 e. The molecular weight excluding hydrogens is 211 g/mol. The van der Waals surface area contributed by atoms with Crippen LogP contribution < -0.4 is 5.73 Å². The van der Waals surface area contributed by atoms with Gasteiger partial charge in [0.15, 0.2) is 0 Å². The zero-order valence-corrected chi connectivity index (χ0v) is 8.86. The molecule has 2 N–H and O–H groups in total. The number of alkyl halides is 3. The second kappa shape index (κ2) is 5.34. The molecule has 0 saturated heterocycles. The van der Waals surface area contributed by atoms with Gasteiger partial charge in [-0.3, -0.25) is 4.79 Å². The van der Waals surface area contributed by atoms with Gasteiger partial charge in [0.25, 0.3) is 0 Å². The van der Waals surface area contributed by atoms with Crippen LogP contribution in [0.4, 0.5) is 13.2 Å². The molecule has 0 aromatic heterocycles. The number of halogens is 3. The Labute approximate surface area is 86.8 Å². The molecule has 0 heterocycles. The normalized spacial score (nSPS) is 12.7. The number of rotatable bonds is 5. The fourth-order valence-electron chi connectivity index (χ4n) is 0.778. The first kappa shape index (κ1) is 14.2. The van der Waals surface area contributed by atoms with Crippen molar-refractivity contribution in [1.82, 2.24) is 0 Å². The average molecular weight is 227 g/mol. The summed E-state index contributed by atoms with van der Waals surface area (Å²) in [6.45, 7) is 2.94. The summed E-state index contributed by atoms with van der Waals surface area (Å²) >= 11 is 0. The maximum absolute atomic E-state index is 11.7. The Morgan fingerprint density at radius 1 is 1.27 bits per heavy atom. The Balaban J connectivity index is 3.53. The standard InChI is InChI=1S/C9H16F3NO2/c1-8(2,13)7(14)15-6-4-3-5-9(10,11)12/h3-6,13H2,1-2H3. The number of unbranched alkanes of at least 4 members (excludes halogenated alkanes) is 1. The summed E-state index contributed by atoms with van der Waals surface area (Å²) in [5, 5.41) is 0. The van der Waals surface area contributed by atoms with Gasteiger partial charge in [-0.25, -0.2) is 0 Å². The Kier molecular flexibility index (Phi) is 5.07. The number of carbonyl (C=O) groups excluding carboxylic acids is 1. The van der Waals surface area contributed by atoms with Crippen molar-refractivity contribution < 1.29 is 22.7 Å². The average Bonchev–Trinajstić information content (AvgIpc) is 1.99. The van der Waals surface area contributed by atoms with Gasteiger partial charge in [-0.05, 0) is 26.7 Å². The maximum Gasteiger partial charge on any atom is 0.389 e. The van der Waals surface area contributed by atoms with E-state index in [-0.39, 0.29) is 19.4 Å². The van der Waals surface area contributed by atoms with E-state index in [0.29, 0.717) is 0 Å². The molecule has 6 heteroatoms. The van der Waals surface area contributed by atoms with E-state index in [1.807, 2.05) is 0 Å². The molecule has 0 atom stereocenters. The Morgan fingerprint density at radius 2 is 1.80 bits per heavy atom. The molecule has 0 aliphatic rings. The van der Waals surface area contributed by atoms with Crippen LogP contribution in [-0.2, 0) is 9.53 Å². The Bertz CT molecular complexity index is 208. The lowest BCUT2D eigenvalue weighted by Gasteiger charge is -2.16. The van der Waals surface area contributed by atoms with E-state index in [2.05, 4.69) is 4.74 Å². The molecule has 0 rings (SSSR count). The second-order valence-electron chi connectivity index (χ2n) is 3.93. The van der Waals surface area contributed by atoms with Gasteiger partial charge in [-0.1, -0.05) is 0 Å². The quantitative estimate of drug-likeness (QED) is 0.577. The lowest BCUT2D eigenvalue weighted by molar-refractivity contribution is -0.149. The van der Waals surface area contributed by atoms with Gasteiger partial charge in [-0.15, -0.1) is 0 Å². The van der Waals surface area contributed by atoms with Gasteiger partial charge in [0.1, 0.15) is 5.54 Å². The highest BCUT2D eigenvalue weighted by Gasteiger charge is 2.26. The third kappa shape index (κ3) is 8.23. The molecule has 0 bridgehead atoms. The lowest BCUT2D eigenvalue weighted by Crippen LogP contribution is -2.42. The van der Waals surface area contributed by atoms with Crippen LogP contribution >= 0.6 is 0 Å². The molecule has 0 amide bonds. The fourth-order valence-corrected chi connectivity index (χ4v) is 0.778. The van der Waals surface area contributed by atoms with Crippen LogP contribution in [0.1, 0.15) is 33.1 Å². The minimum atomic E-state index is -4.14. The third-order valence-corrected chi connectivity index (χ3v) is 1.61. The summed E-state index contributed by atoms with van der Waals surface area (Å²) in [5.74, 6) is -0.602. The van der Waals surface area contributed by atoms with Crippen LogP contribution in [0.15, 0.2) is 0 Å². The highest BCUT2D eigenvalue weighted by Crippen LogP contribution is 2.22. The highest BCUT2D eigenvalue weighted by molar-refractivity contribution is 5.79. The van der Waals surface area contributed by atoms with Crippen LogP contribution in [0.25, 0.3) is 0 Å². The monoisotopic (exact) mass is 227 g/mol. The number of ether oxygens (including phenoxy) is 1. The van der Waals surface area contributed by atoms with Crippen molar-refractivity contribution in [1.29, 1.82) is 0 Å². The number of hydrogen-bond acceptors (Lipinski definition) is 3. The summed E-state index contributed by atoms with van der Waals surface area (Å²) in [4.78, 5) is 11.1. The molecule has 0 aliphatic carbocycles. The fraction of sp³-hybridized carbons (Fsp3) is 0.889. The minimum Gasteiger partial charge on any atom is -0.464 e. The Hall–Kier alpha value is -0.780. The first-order valence-electron chi connectivity index (χ1n) is 4.66. The first-order valence-corrected chi connectivity index (χ1v) is 4.66. The topological polar surface area (TPSA) is 52.3 Å². The second-order valence-corrected chi connectivity index (χ2v) is 3.93. The van der Waals surface area contributed by atoms with Crippen molar-refractivity contribution in [2.75, 3.05) is 6.61 Å². The van der Waals surface area contributed by atoms with Crippen LogP contribution in [0, 0.1) is 0 Å². The van der Waals surface area contributed by atoms with Gasteiger partial charge in [0.2, 0.25) is 0 Å². The molecule has 0 fully saturated rings. The largest absolute Gasteiger partial charge is 0.464 e. The summed E-state index contributed by atoms with van der Waals surface area (Å²) in [5.41, 5.74) is 4.32. The van der Waals surface area contributed by atoms with Gasteiger partial charge in [0, 0.05) is 6.42 Å². The van der Waals surface area contributed by atoms with Crippen molar-refractivity contribution in [3.05, 3.63) is 0 Å². The van der Waals surface area contributed by atoms with E-state index < -0.39 is 24.1 Å². The van der Waals surface area contributed by atoms with E-state index in [1.165, 1.54) is 13.8 Å². The van der Waals surface area contributed by atoms with Gasteiger partial charge < -0.3 is 10.5 Å². The number of nitrogens with two attached hydrogens (primary N) is 1. The summed E-state index contributed by atoms with van der Waals surface area (Å²) in [6.07, 6.45) is -4.84. The van der Waals surface area contributed by atoms with Gasteiger partial charge in [0.05, 0.1) is 6.61 Å². The molecule has 0 aromatic rings. The zero-order valence-electron chi connectivity index (χ0n) is 8.86. The van der Waals surface area contributed by atoms with E-state index in [1.54, 1.807) is 0 Å². The van der Waals surface area contributed by atoms with E-state index in [0.717, 1.165) is 0 Å². The molecule has 3 nitrogen and oxygen atoms in total. The predicted octanol–water partition coefficient (Wildman–Crippen LogP) is 2.00. The molecule has 0 spiro atoms. The van der Waals surface area contributed by atoms with Gasteiger partial charge in [-0.2, -0.15) is 13.2 Å². The molecule has 0 aromatic carbocycles. The molecule has 0 aliphatic heterocycles. The van der Waals surface area contributed by atoms with Crippen molar-refractivity contribution >= 4 is 5.97 Å². The summed E-state index contributed by atoms with van der Waals surface area (Å²) in [6, 6.07) is 0. The molecule has 0 unspecified atom stereocenters. The van der Waals surface area contributed by atoms with E-state index >= 15 is 0 Å². The van der Waals surface area contributed by atoms with Crippen LogP contribution in [0.2, 0.25) is 0 Å². The molecular formula is C9H16F3NO2. The lowest BCUT2D eigenvalue weighted by atomic mass is 10.1. The van der Waals surface area contributed by atoms with Crippen molar-refractivity contribution in [3.8, 4) is 0 Å². The van der Waals surface area contributed by atoms with E-state index in [9.17, 15) is 18.0 Å². The minimum absolute atomic E-state index is 0.0183. The van der Waals surface area contributed by atoms with Crippen LogP contribution in [0.3, 0.4) is 0 Å². The predicted molar refractivity (Wildman–Crippen MR) is 49.1 cm³/mol. The van der Waals surface area contributed by atoms with Crippen molar-refractivity contribution in [2.45, 2.75) is 44.8 Å². The number of hydrogen-bond donors (Lipinski definition) is 1. The molecule has 90 valence electrons. The van der Waals surface area contributed by atoms with Crippen LogP contribution in [0.5, 0.6) is 0 Å². The van der Waals surface area contributed by atoms with E-state index in [4.69, 9.17) is 5.73 Å². The molecule has 0 saturated carbocycles.